The molecule has 0 N–H and O–H groups in total. The van der Waals surface area contributed by atoms with Crippen molar-refractivity contribution < 1.29 is 13.2 Å². The first-order valence-corrected chi connectivity index (χ1v) is 9.39. The number of fused-ring (bicyclic) bond motifs is 1. The third-order valence-corrected chi connectivity index (χ3v) is 6.90. The first-order valence-electron chi connectivity index (χ1n) is 6.68. The van der Waals surface area contributed by atoms with Crippen LogP contribution in [0.15, 0.2) is 29.3 Å². The Morgan fingerprint density at radius 2 is 2.05 bits per heavy atom. The van der Waals surface area contributed by atoms with Crippen molar-refractivity contribution in [2.24, 2.45) is 4.99 Å². The molecule has 2 unspecified atom stereocenters. The van der Waals surface area contributed by atoms with Crippen LogP contribution in [0.5, 0.6) is 0 Å². The quantitative estimate of drug-likeness (QED) is 0.785. The number of nitrogens with zero attached hydrogens (tertiary/aromatic N) is 2. The normalized spacial score (nSPS) is 28.9. The summed E-state index contributed by atoms with van der Waals surface area (Å²) in [7, 11) is -3.01. The van der Waals surface area contributed by atoms with Gasteiger partial charge in [0.05, 0.1) is 17.5 Å². The van der Waals surface area contributed by atoms with E-state index in [0.717, 1.165) is 11.3 Å². The largest absolute Gasteiger partial charge is 0.315 e. The molecule has 2 aliphatic heterocycles. The second-order valence-corrected chi connectivity index (χ2v) is 8.73. The zero-order valence-corrected chi connectivity index (χ0v) is 13.4. The van der Waals surface area contributed by atoms with E-state index < -0.39 is 9.84 Å². The fourth-order valence-electron chi connectivity index (χ4n) is 2.81. The lowest BCUT2D eigenvalue weighted by Gasteiger charge is -2.26. The van der Waals surface area contributed by atoms with Gasteiger partial charge in [0.1, 0.15) is 0 Å². The molecule has 7 heteroatoms. The van der Waals surface area contributed by atoms with Crippen molar-refractivity contribution in [3.63, 3.8) is 0 Å². The molecule has 2 aliphatic rings. The summed E-state index contributed by atoms with van der Waals surface area (Å²) in [5.41, 5.74) is 1.97. The van der Waals surface area contributed by atoms with Crippen LogP contribution in [0, 0.1) is 6.92 Å². The zero-order valence-electron chi connectivity index (χ0n) is 11.8. The lowest BCUT2D eigenvalue weighted by atomic mass is 10.1. The van der Waals surface area contributed by atoms with Gasteiger partial charge in [-0.3, -0.25) is 4.79 Å². The molecule has 112 valence electrons. The summed E-state index contributed by atoms with van der Waals surface area (Å²) < 4.78 is 23.8. The number of carbonyl (C=O) groups excluding carboxylic acids is 1. The Kier molecular flexibility index (Phi) is 3.57. The number of benzene rings is 1. The van der Waals surface area contributed by atoms with Crippen molar-refractivity contribution in [1.82, 2.24) is 0 Å². The number of anilines is 1. The smallest absolute Gasteiger partial charge is 0.244 e. The van der Waals surface area contributed by atoms with Crippen LogP contribution in [-0.2, 0) is 14.6 Å². The molecule has 1 amide bonds. The van der Waals surface area contributed by atoms with Gasteiger partial charge in [-0.15, -0.1) is 0 Å². The summed E-state index contributed by atoms with van der Waals surface area (Å²) >= 11 is 1.40. The molecular formula is C14H16N2O3S2. The van der Waals surface area contributed by atoms with E-state index in [1.165, 1.54) is 18.7 Å². The second-order valence-electron chi connectivity index (χ2n) is 5.37. The Balaban J connectivity index is 2.07. The van der Waals surface area contributed by atoms with Gasteiger partial charge in [-0.05, 0) is 18.6 Å². The van der Waals surface area contributed by atoms with E-state index in [2.05, 4.69) is 4.99 Å². The Labute approximate surface area is 128 Å². The van der Waals surface area contributed by atoms with Crippen LogP contribution in [0.1, 0.15) is 12.5 Å². The van der Waals surface area contributed by atoms with Crippen LogP contribution < -0.4 is 4.90 Å². The molecule has 0 radical (unpaired) electrons. The Morgan fingerprint density at radius 3 is 2.71 bits per heavy atom. The molecule has 0 aromatic heterocycles. The average Bonchev–Trinajstić information content (AvgIpc) is 2.81. The lowest BCUT2D eigenvalue weighted by Crippen LogP contribution is -2.38. The van der Waals surface area contributed by atoms with E-state index in [9.17, 15) is 13.2 Å². The Hall–Kier alpha value is -1.34. The number of aryl methyl sites for hydroxylation is 1. The maximum absolute atomic E-state index is 11.9. The number of thioether (sulfide) groups is 1. The summed E-state index contributed by atoms with van der Waals surface area (Å²) in [5.74, 6) is 0.0105. The Bertz CT molecular complexity index is 727. The zero-order chi connectivity index (χ0) is 15.2. The molecule has 0 aliphatic carbocycles. The first-order chi connectivity index (χ1) is 9.87. The number of para-hydroxylation sites is 1. The highest BCUT2D eigenvalue weighted by molar-refractivity contribution is 8.16. The predicted molar refractivity (Wildman–Crippen MR) is 85.6 cm³/mol. The maximum Gasteiger partial charge on any atom is 0.244 e. The molecule has 3 rings (SSSR count). The number of amidine groups is 1. The molecule has 2 heterocycles. The third kappa shape index (κ3) is 2.72. The average molecular weight is 324 g/mol. The van der Waals surface area contributed by atoms with Crippen molar-refractivity contribution in [2.45, 2.75) is 25.1 Å². The monoisotopic (exact) mass is 324 g/mol. The highest BCUT2D eigenvalue weighted by Gasteiger charge is 2.49. The van der Waals surface area contributed by atoms with Crippen molar-refractivity contribution in [1.29, 1.82) is 0 Å². The second kappa shape index (κ2) is 5.14. The van der Waals surface area contributed by atoms with Gasteiger partial charge in [0.25, 0.3) is 0 Å². The molecule has 0 saturated carbocycles. The number of aliphatic imine (C=N–C) groups is 1. The Morgan fingerprint density at radius 1 is 1.33 bits per heavy atom. The molecular weight excluding hydrogens is 308 g/mol. The van der Waals surface area contributed by atoms with Gasteiger partial charge in [-0.25, -0.2) is 8.42 Å². The minimum Gasteiger partial charge on any atom is -0.315 e. The van der Waals surface area contributed by atoms with Crippen molar-refractivity contribution in [3.05, 3.63) is 29.8 Å². The summed E-state index contributed by atoms with van der Waals surface area (Å²) in [6.45, 7) is 3.39. The number of rotatable bonds is 1. The van der Waals surface area contributed by atoms with E-state index in [1.54, 1.807) is 0 Å². The standard InChI is InChI=1S/C14H16N2O3S2/c1-9-5-3-4-6-11(9)16-12-7-21(18,19)8-13(12)20-14(16)15-10(2)17/h3-6,12-13H,7-8H2,1-2H3. The SMILES string of the molecule is CC(=O)N=C1SC2CS(=O)(=O)CC2N1c1ccccc1C. The van der Waals surface area contributed by atoms with E-state index in [0.29, 0.717) is 5.17 Å². The molecule has 1 aromatic carbocycles. The van der Waals surface area contributed by atoms with E-state index in [1.807, 2.05) is 36.1 Å². The lowest BCUT2D eigenvalue weighted by molar-refractivity contribution is -0.115. The van der Waals surface area contributed by atoms with Crippen LogP contribution in [0.3, 0.4) is 0 Å². The van der Waals surface area contributed by atoms with Crippen molar-refractivity contribution in [2.75, 3.05) is 16.4 Å². The number of sulfone groups is 1. The van der Waals surface area contributed by atoms with Gasteiger partial charge >= 0.3 is 0 Å². The molecule has 2 saturated heterocycles. The molecule has 0 spiro atoms. The topological polar surface area (TPSA) is 66.8 Å². The van der Waals surface area contributed by atoms with Crippen LogP contribution in [-0.4, -0.2) is 42.3 Å². The van der Waals surface area contributed by atoms with Gasteiger partial charge in [0.2, 0.25) is 5.91 Å². The number of carbonyl (C=O) groups is 1. The highest BCUT2D eigenvalue weighted by atomic mass is 32.2. The van der Waals surface area contributed by atoms with Crippen LogP contribution >= 0.6 is 11.8 Å². The maximum atomic E-state index is 11.9. The number of hydrogen-bond acceptors (Lipinski definition) is 4. The van der Waals surface area contributed by atoms with Crippen LogP contribution in [0.2, 0.25) is 0 Å². The first kappa shape index (κ1) is 14.6. The fraction of sp³-hybridized carbons (Fsp3) is 0.429. The van der Waals surface area contributed by atoms with E-state index >= 15 is 0 Å². The molecule has 1 aromatic rings. The third-order valence-electron chi connectivity index (χ3n) is 3.69. The van der Waals surface area contributed by atoms with Crippen LogP contribution in [0.25, 0.3) is 0 Å². The molecule has 2 fully saturated rings. The van der Waals surface area contributed by atoms with Crippen molar-refractivity contribution >= 4 is 38.4 Å². The van der Waals surface area contributed by atoms with Gasteiger partial charge in [-0.1, -0.05) is 30.0 Å². The summed E-state index contributed by atoms with van der Waals surface area (Å²) in [6, 6.07) is 7.63. The highest BCUT2D eigenvalue weighted by Crippen LogP contribution is 2.41. The molecule has 21 heavy (non-hydrogen) atoms. The summed E-state index contributed by atoms with van der Waals surface area (Å²) in [4.78, 5) is 17.4. The van der Waals surface area contributed by atoms with E-state index in [-0.39, 0.29) is 28.7 Å². The molecule has 0 bridgehead atoms. The number of amides is 1. The number of hydrogen-bond donors (Lipinski definition) is 0. The van der Waals surface area contributed by atoms with Gasteiger partial charge in [0.15, 0.2) is 15.0 Å². The molecule has 5 nitrogen and oxygen atoms in total. The van der Waals surface area contributed by atoms with Gasteiger partial charge in [-0.2, -0.15) is 4.99 Å². The van der Waals surface area contributed by atoms with Gasteiger partial charge in [0, 0.05) is 17.9 Å². The fourth-order valence-corrected chi connectivity index (χ4v) is 6.77. The summed E-state index contributed by atoms with van der Waals surface area (Å²) in [6.07, 6.45) is 0. The minimum absolute atomic E-state index is 0.0484. The van der Waals surface area contributed by atoms with Gasteiger partial charge < -0.3 is 4.90 Å². The van der Waals surface area contributed by atoms with Crippen LogP contribution in [0.4, 0.5) is 5.69 Å². The summed E-state index contributed by atoms with van der Waals surface area (Å²) in [5, 5.41) is 0.564. The van der Waals surface area contributed by atoms with Crippen molar-refractivity contribution in [3.8, 4) is 0 Å². The predicted octanol–water partition coefficient (Wildman–Crippen LogP) is 1.62. The molecule has 2 atom stereocenters. The minimum atomic E-state index is -3.01. The van der Waals surface area contributed by atoms with E-state index in [4.69, 9.17) is 0 Å².